The molecule has 1 fully saturated rings. The van der Waals surface area contributed by atoms with Gasteiger partial charge in [-0.25, -0.2) is 8.42 Å². The number of hydrogen-bond donors (Lipinski definition) is 2. The van der Waals surface area contributed by atoms with Crippen molar-refractivity contribution in [3.05, 3.63) is 95.1 Å². The van der Waals surface area contributed by atoms with Gasteiger partial charge in [0.1, 0.15) is 11.9 Å². The van der Waals surface area contributed by atoms with Crippen molar-refractivity contribution in [2.45, 2.75) is 43.2 Å². The third-order valence-corrected chi connectivity index (χ3v) is 9.99. The first-order valence-corrected chi connectivity index (χ1v) is 15.0. The van der Waals surface area contributed by atoms with E-state index in [1.54, 1.807) is 6.07 Å². The number of thioether (sulfide) groups is 1. The van der Waals surface area contributed by atoms with Gasteiger partial charge < -0.3 is 10.1 Å². The molecule has 3 aromatic carbocycles. The van der Waals surface area contributed by atoms with Gasteiger partial charge in [-0.15, -0.1) is 0 Å². The smallest absolute Gasteiger partial charge is 0.261 e. The van der Waals surface area contributed by atoms with Gasteiger partial charge in [-0.2, -0.15) is 11.8 Å². The van der Waals surface area contributed by atoms with Crippen LogP contribution in [0.4, 0.5) is 11.4 Å². The lowest BCUT2D eigenvalue weighted by Crippen LogP contribution is -2.31. The topological polar surface area (TPSA) is 67.4 Å². The van der Waals surface area contributed by atoms with E-state index in [0.717, 1.165) is 46.1 Å². The maximum Gasteiger partial charge on any atom is 0.261 e. The predicted molar refractivity (Wildman–Crippen MR) is 148 cm³/mol. The molecule has 3 aliphatic rings. The van der Waals surface area contributed by atoms with E-state index in [-0.39, 0.29) is 16.9 Å². The molecule has 36 heavy (non-hydrogen) atoms. The zero-order chi connectivity index (χ0) is 24.9. The molecule has 0 radical (unpaired) electrons. The molecule has 0 amide bonds. The summed E-state index contributed by atoms with van der Waals surface area (Å²) >= 11 is 1.91. The Morgan fingerprint density at radius 1 is 1.03 bits per heavy atom. The summed E-state index contributed by atoms with van der Waals surface area (Å²) in [6, 6.07) is 19.8. The van der Waals surface area contributed by atoms with Gasteiger partial charge >= 0.3 is 0 Å². The fraction of sp³-hybridized carbons (Fsp3) is 0.310. The summed E-state index contributed by atoms with van der Waals surface area (Å²) < 4.78 is 35.6. The van der Waals surface area contributed by atoms with Crippen LogP contribution in [0.1, 0.15) is 40.6 Å². The van der Waals surface area contributed by atoms with Gasteiger partial charge in [-0.05, 0) is 84.8 Å². The number of aryl methyl sites for hydroxylation is 2. The zero-order valence-corrected chi connectivity index (χ0v) is 22.0. The van der Waals surface area contributed by atoms with Crippen molar-refractivity contribution in [1.29, 1.82) is 0 Å². The number of anilines is 2. The molecule has 2 N–H and O–H groups in total. The van der Waals surface area contributed by atoms with Crippen LogP contribution in [0, 0.1) is 19.8 Å². The highest BCUT2D eigenvalue weighted by Gasteiger charge is 2.38. The molecule has 3 atom stereocenters. The average Bonchev–Trinajstić information content (AvgIpc) is 3.33. The summed E-state index contributed by atoms with van der Waals surface area (Å²) in [5, 5.41) is 3.72. The van der Waals surface area contributed by atoms with Crippen molar-refractivity contribution in [3.63, 3.8) is 0 Å². The average molecular weight is 519 g/mol. The quantitative estimate of drug-likeness (QED) is 0.368. The second kappa shape index (κ2) is 9.20. The van der Waals surface area contributed by atoms with Crippen LogP contribution in [-0.4, -0.2) is 26.0 Å². The third kappa shape index (κ3) is 4.39. The maximum absolute atomic E-state index is 13.3. The van der Waals surface area contributed by atoms with Crippen LogP contribution < -0.4 is 14.8 Å². The van der Waals surface area contributed by atoms with Crippen molar-refractivity contribution in [2.75, 3.05) is 21.5 Å². The van der Waals surface area contributed by atoms with Crippen LogP contribution in [0.25, 0.3) is 0 Å². The summed E-state index contributed by atoms with van der Waals surface area (Å²) in [6.45, 7) is 3.87. The first-order valence-electron chi connectivity index (χ1n) is 12.4. The van der Waals surface area contributed by atoms with E-state index in [1.807, 2.05) is 62.0 Å². The van der Waals surface area contributed by atoms with Gasteiger partial charge in [0.25, 0.3) is 10.0 Å². The van der Waals surface area contributed by atoms with Gasteiger partial charge in [0.2, 0.25) is 0 Å². The third-order valence-electron chi connectivity index (χ3n) is 7.41. The number of hydrogen-bond acceptors (Lipinski definition) is 5. The molecule has 2 aliphatic heterocycles. The number of sulfonamides is 1. The van der Waals surface area contributed by atoms with E-state index < -0.39 is 10.0 Å². The Balaban J connectivity index is 1.30. The lowest BCUT2D eigenvalue weighted by Gasteiger charge is -2.38. The highest BCUT2D eigenvalue weighted by molar-refractivity contribution is 8.00. The molecule has 0 saturated carbocycles. The first-order chi connectivity index (χ1) is 17.4. The number of nitrogens with one attached hydrogen (secondary N) is 2. The van der Waals surface area contributed by atoms with E-state index in [4.69, 9.17) is 4.74 Å². The molecule has 186 valence electrons. The molecule has 5 nitrogen and oxygen atoms in total. The minimum atomic E-state index is -3.71. The lowest BCUT2D eigenvalue weighted by atomic mass is 9.77. The molecule has 2 heterocycles. The molecule has 0 bridgehead atoms. The van der Waals surface area contributed by atoms with Crippen molar-refractivity contribution in [2.24, 2.45) is 5.92 Å². The van der Waals surface area contributed by atoms with Gasteiger partial charge in [0, 0.05) is 23.1 Å². The fourth-order valence-electron chi connectivity index (χ4n) is 5.38. The summed E-state index contributed by atoms with van der Waals surface area (Å²) in [7, 11) is -3.71. The van der Waals surface area contributed by atoms with Gasteiger partial charge in [-0.3, -0.25) is 4.72 Å². The van der Waals surface area contributed by atoms with E-state index in [0.29, 0.717) is 17.7 Å². The van der Waals surface area contributed by atoms with Crippen LogP contribution in [0.15, 0.2) is 77.7 Å². The van der Waals surface area contributed by atoms with Gasteiger partial charge in [0.15, 0.2) is 0 Å². The summed E-state index contributed by atoms with van der Waals surface area (Å²) in [5.74, 6) is 3.51. The van der Waals surface area contributed by atoms with Crippen LogP contribution in [0.2, 0.25) is 0 Å². The molecular formula is C29H30N2O3S2. The van der Waals surface area contributed by atoms with Crippen molar-refractivity contribution in [3.8, 4) is 5.75 Å². The number of fused-ring (bicyclic) bond motifs is 3. The Bertz CT molecular complexity index is 1450. The number of ether oxygens (including phenoxy) is 1. The number of benzene rings is 3. The molecule has 3 aromatic rings. The Morgan fingerprint density at radius 3 is 2.69 bits per heavy atom. The summed E-state index contributed by atoms with van der Waals surface area (Å²) in [6.07, 6.45) is 5.71. The normalized spacial score (nSPS) is 22.8. The molecule has 1 saturated heterocycles. The van der Waals surface area contributed by atoms with Crippen LogP contribution in [-0.2, 0) is 10.0 Å². The van der Waals surface area contributed by atoms with Gasteiger partial charge in [-0.1, -0.05) is 36.4 Å². The number of rotatable bonds is 6. The molecular weight excluding hydrogens is 488 g/mol. The van der Waals surface area contributed by atoms with Crippen molar-refractivity contribution in [1.82, 2.24) is 0 Å². The largest absolute Gasteiger partial charge is 0.489 e. The summed E-state index contributed by atoms with van der Waals surface area (Å²) in [5.41, 5.74) is 5.75. The lowest BCUT2D eigenvalue weighted by molar-refractivity contribution is 0.240. The molecule has 1 aliphatic carbocycles. The minimum Gasteiger partial charge on any atom is -0.489 e. The van der Waals surface area contributed by atoms with Crippen LogP contribution in [0.3, 0.4) is 0 Å². The zero-order valence-electron chi connectivity index (χ0n) is 20.4. The highest BCUT2D eigenvalue weighted by Crippen LogP contribution is 2.50. The number of allylic oxidation sites excluding steroid dienone is 2. The van der Waals surface area contributed by atoms with E-state index >= 15 is 0 Å². The molecule has 0 aromatic heterocycles. The van der Waals surface area contributed by atoms with E-state index in [1.165, 1.54) is 5.56 Å². The van der Waals surface area contributed by atoms with Gasteiger partial charge in [0.05, 0.1) is 16.6 Å². The van der Waals surface area contributed by atoms with E-state index in [2.05, 4.69) is 40.4 Å². The standard InChI is InChI=1S/C29H30N2O3S2/c1-18-9-10-19(2)28(13-18)31-36(32,33)23-11-12-27-26(15-23)24-7-4-8-25(24)29(30-27)20-5-3-6-21(14-20)34-22-16-35-17-22/h3-7,9-15,22,24-25,29-31H,8,16-17H2,1-2H3/t24-,25+,29+/m0/s1. The first kappa shape index (κ1) is 23.5. The monoisotopic (exact) mass is 518 g/mol. The Kier molecular flexibility index (Phi) is 6.00. The second-order valence-corrected chi connectivity index (χ2v) is 12.8. The van der Waals surface area contributed by atoms with Crippen molar-refractivity contribution < 1.29 is 13.2 Å². The molecule has 6 rings (SSSR count). The second-order valence-electron chi connectivity index (χ2n) is 10.00. The minimum absolute atomic E-state index is 0.132. The SMILES string of the molecule is Cc1ccc(C)c(NS(=O)(=O)c2ccc3c(c2)[C@H]2C=CC[C@H]2[C@@H](c2cccc(OC4CSC4)c2)N3)c1. The van der Waals surface area contributed by atoms with Crippen molar-refractivity contribution >= 4 is 33.2 Å². The van der Waals surface area contributed by atoms with E-state index in [9.17, 15) is 8.42 Å². The Hall–Kier alpha value is -2.90. The Morgan fingerprint density at radius 2 is 1.89 bits per heavy atom. The maximum atomic E-state index is 13.3. The highest BCUT2D eigenvalue weighted by atomic mass is 32.2. The molecule has 0 unspecified atom stereocenters. The molecule has 7 heteroatoms. The van der Waals surface area contributed by atoms with Crippen LogP contribution >= 0.6 is 11.8 Å². The molecule has 0 spiro atoms. The summed E-state index contributed by atoms with van der Waals surface area (Å²) in [4.78, 5) is 0.287. The van der Waals surface area contributed by atoms with Crippen LogP contribution in [0.5, 0.6) is 5.75 Å². The Labute approximate surface area is 217 Å². The predicted octanol–water partition coefficient (Wildman–Crippen LogP) is 6.42. The fourth-order valence-corrected chi connectivity index (χ4v) is 7.10.